The molecule has 2 aromatic carbocycles. The number of nitrogens with one attached hydrogen (secondary N) is 1. The van der Waals surface area contributed by atoms with Crippen LogP contribution < -0.4 is 5.32 Å². The topological polar surface area (TPSA) is 66.4 Å². The van der Waals surface area contributed by atoms with Crippen molar-refractivity contribution >= 4 is 18.0 Å². The van der Waals surface area contributed by atoms with Crippen LogP contribution in [0.5, 0.6) is 0 Å². The molecule has 4 heteroatoms. The maximum Gasteiger partial charge on any atom is 0.330 e. The van der Waals surface area contributed by atoms with E-state index in [1.165, 1.54) is 6.08 Å². The molecule has 3 rings (SSSR count). The Morgan fingerprint density at radius 2 is 1.65 bits per heavy atom. The van der Waals surface area contributed by atoms with Crippen LogP contribution in [0, 0.1) is 0 Å². The molecule has 1 aliphatic rings. The van der Waals surface area contributed by atoms with Crippen LogP contribution >= 0.6 is 0 Å². The minimum absolute atomic E-state index is 0.185. The SMILES string of the molecule is O=C(/C=C/c1ccccc1)NC1(C(=O)O)CC1c1ccccc1. The number of rotatable bonds is 5. The number of carboxylic acid groups (broad SMARTS) is 1. The van der Waals surface area contributed by atoms with Gasteiger partial charge in [-0.2, -0.15) is 0 Å². The Bertz CT molecular complexity index is 740. The highest BCUT2D eigenvalue weighted by molar-refractivity contribution is 5.98. The van der Waals surface area contributed by atoms with Gasteiger partial charge >= 0.3 is 5.97 Å². The predicted octanol–water partition coefficient (Wildman–Crippen LogP) is 2.83. The van der Waals surface area contributed by atoms with Crippen molar-refractivity contribution in [2.24, 2.45) is 0 Å². The summed E-state index contributed by atoms with van der Waals surface area (Å²) in [5.41, 5.74) is 0.629. The van der Waals surface area contributed by atoms with E-state index in [-0.39, 0.29) is 5.92 Å². The summed E-state index contributed by atoms with van der Waals surface area (Å²) in [6.07, 6.45) is 3.46. The van der Waals surface area contributed by atoms with Crippen LogP contribution in [0.25, 0.3) is 6.08 Å². The van der Waals surface area contributed by atoms with E-state index in [9.17, 15) is 14.7 Å². The smallest absolute Gasteiger partial charge is 0.330 e. The Hall–Kier alpha value is -2.88. The number of benzene rings is 2. The normalized spacial score (nSPS) is 22.7. The van der Waals surface area contributed by atoms with Crippen LogP contribution in [0.3, 0.4) is 0 Å². The number of carbonyl (C=O) groups excluding carboxylic acids is 1. The first-order chi connectivity index (χ1) is 11.1. The van der Waals surface area contributed by atoms with Crippen LogP contribution in [0.1, 0.15) is 23.5 Å². The highest BCUT2D eigenvalue weighted by Crippen LogP contribution is 2.51. The lowest BCUT2D eigenvalue weighted by molar-refractivity contribution is -0.142. The van der Waals surface area contributed by atoms with E-state index in [4.69, 9.17) is 0 Å². The van der Waals surface area contributed by atoms with Crippen molar-refractivity contribution in [2.75, 3.05) is 0 Å². The highest BCUT2D eigenvalue weighted by Gasteiger charge is 2.62. The Balaban J connectivity index is 1.71. The minimum atomic E-state index is -1.19. The molecule has 2 atom stereocenters. The fraction of sp³-hybridized carbons (Fsp3) is 0.158. The molecule has 23 heavy (non-hydrogen) atoms. The van der Waals surface area contributed by atoms with Crippen LogP contribution in [0.4, 0.5) is 0 Å². The molecular formula is C19H17NO3. The van der Waals surface area contributed by atoms with E-state index in [2.05, 4.69) is 5.32 Å². The number of aliphatic carboxylic acids is 1. The number of carbonyl (C=O) groups is 2. The van der Waals surface area contributed by atoms with Crippen LogP contribution in [0.15, 0.2) is 66.7 Å². The summed E-state index contributed by atoms with van der Waals surface area (Å²) >= 11 is 0. The van der Waals surface area contributed by atoms with Gasteiger partial charge in [0.2, 0.25) is 5.91 Å². The molecule has 2 N–H and O–H groups in total. The van der Waals surface area contributed by atoms with Crippen molar-refractivity contribution in [3.05, 3.63) is 77.9 Å². The van der Waals surface area contributed by atoms with Gasteiger partial charge in [0.05, 0.1) is 0 Å². The second-order valence-corrected chi connectivity index (χ2v) is 5.68. The molecule has 0 aromatic heterocycles. The fourth-order valence-electron chi connectivity index (χ4n) is 2.78. The number of carboxylic acids is 1. The molecule has 0 saturated heterocycles. The van der Waals surface area contributed by atoms with Crippen LogP contribution in [-0.4, -0.2) is 22.5 Å². The van der Waals surface area contributed by atoms with Gasteiger partial charge in [-0.15, -0.1) is 0 Å². The molecule has 1 aliphatic carbocycles. The van der Waals surface area contributed by atoms with E-state index >= 15 is 0 Å². The quantitative estimate of drug-likeness (QED) is 0.835. The monoisotopic (exact) mass is 307 g/mol. The lowest BCUT2D eigenvalue weighted by Gasteiger charge is -2.13. The molecule has 1 saturated carbocycles. The molecular weight excluding hydrogens is 290 g/mol. The van der Waals surface area contributed by atoms with E-state index in [0.29, 0.717) is 6.42 Å². The van der Waals surface area contributed by atoms with Crippen molar-refractivity contribution in [3.8, 4) is 0 Å². The van der Waals surface area contributed by atoms with E-state index < -0.39 is 17.4 Å². The molecule has 116 valence electrons. The Labute approximate surface area is 134 Å². The number of hydrogen-bond donors (Lipinski definition) is 2. The van der Waals surface area contributed by atoms with Gasteiger partial charge in [-0.1, -0.05) is 60.7 Å². The molecule has 0 radical (unpaired) electrons. The van der Waals surface area contributed by atoms with Crippen molar-refractivity contribution in [1.82, 2.24) is 5.32 Å². The molecule has 0 spiro atoms. The third kappa shape index (κ3) is 3.16. The van der Waals surface area contributed by atoms with E-state index in [0.717, 1.165) is 11.1 Å². The maximum atomic E-state index is 12.1. The summed E-state index contributed by atoms with van der Waals surface area (Å²) in [7, 11) is 0. The maximum absolute atomic E-state index is 12.1. The van der Waals surface area contributed by atoms with Crippen molar-refractivity contribution < 1.29 is 14.7 Å². The Kier molecular flexibility index (Phi) is 3.98. The first-order valence-electron chi connectivity index (χ1n) is 7.45. The van der Waals surface area contributed by atoms with E-state index in [1.54, 1.807) is 6.08 Å². The van der Waals surface area contributed by atoms with Crippen molar-refractivity contribution in [2.45, 2.75) is 17.9 Å². The summed E-state index contributed by atoms with van der Waals surface area (Å²) in [5.74, 6) is -1.57. The van der Waals surface area contributed by atoms with Crippen LogP contribution in [0.2, 0.25) is 0 Å². The lowest BCUT2D eigenvalue weighted by Crippen LogP contribution is -2.43. The second-order valence-electron chi connectivity index (χ2n) is 5.68. The van der Waals surface area contributed by atoms with E-state index in [1.807, 2.05) is 60.7 Å². The van der Waals surface area contributed by atoms with Gasteiger partial charge in [0, 0.05) is 12.0 Å². The number of amides is 1. The first kappa shape index (κ1) is 15.0. The molecule has 2 unspecified atom stereocenters. The molecule has 1 fully saturated rings. The fourth-order valence-corrected chi connectivity index (χ4v) is 2.78. The molecule has 2 aromatic rings. The third-order valence-electron chi connectivity index (χ3n) is 4.12. The number of hydrogen-bond acceptors (Lipinski definition) is 2. The van der Waals surface area contributed by atoms with Gasteiger partial charge in [-0.25, -0.2) is 4.79 Å². The zero-order valence-electron chi connectivity index (χ0n) is 12.5. The Morgan fingerprint density at radius 3 is 2.26 bits per heavy atom. The predicted molar refractivity (Wildman–Crippen MR) is 87.8 cm³/mol. The zero-order chi connectivity index (χ0) is 16.3. The van der Waals surface area contributed by atoms with Gasteiger partial charge in [0.1, 0.15) is 5.54 Å². The minimum Gasteiger partial charge on any atom is -0.479 e. The van der Waals surface area contributed by atoms with Crippen molar-refractivity contribution in [1.29, 1.82) is 0 Å². The average molecular weight is 307 g/mol. The lowest BCUT2D eigenvalue weighted by atomic mass is 10.1. The molecule has 0 heterocycles. The second kappa shape index (κ2) is 6.08. The molecule has 0 bridgehead atoms. The summed E-state index contributed by atoms with van der Waals surface area (Å²) in [4.78, 5) is 23.7. The third-order valence-corrected chi connectivity index (χ3v) is 4.12. The van der Waals surface area contributed by atoms with Gasteiger partial charge in [0.25, 0.3) is 0 Å². The molecule has 4 nitrogen and oxygen atoms in total. The first-order valence-corrected chi connectivity index (χ1v) is 7.45. The summed E-state index contributed by atoms with van der Waals surface area (Å²) in [6, 6.07) is 18.8. The van der Waals surface area contributed by atoms with Crippen LogP contribution in [-0.2, 0) is 9.59 Å². The standard InChI is InChI=1S/C19H17NO3/c21-17(12-11-14-7-3-1-4-8-14)20-19(18(22)23)13-16(19)15-9-5-2-6-10-15/h1-12,16H,13H2,(H,20,21)(H,22,23)/b12-11+. The van der Waals surface area contributed by atoms with Gasteiger partial charge < -0.3 is 10.4 Å². The zero-order valence-corrected chi connectivity index (χ0v) is 12.5. The highest BCUT2D eigenvalue weighted by atomic mass is 16.4. The largest absolute Gasteiger partial charge is 0.479 e. The molecule has 0 aliphatic heterocycles. The van der Waals surface area contributed by atoms with Gasteiger partial charge in [-0.05, 0) is 23.6 Å². The van der Waals surface area contributed by atoms with Gasteiger partial charge in [-0.3, -0.25) is 4.79 Å². The molecule has 1 amide bonds. The summed E-state index contributed by atoms with van der Waals surface area (Å²) in [6.45, 7) is 0. The van der Waals surface area contributed by atoms with Crippen molar-refractivity contribution in [3.63, 3.8) is 0 Å². The summed E-state index contributed by atoms with van der Waals surface area (Å²) < 4.78 is 0. The Morgan fingerprint density at radius 1 is 1.04 bits per heavy atom. The summed E-state index contributed by atoms with van der Waals surface area (Å²) in [5, 5.41) is 12.2. The average Bonchev–Trinajstić information content (AvgIpc) is 3.30. The van der Waals surface area contributed by atoms with Gasteiger partial charge in [0.15, 0.2) is 0 Å².